The van der Waals surface area contributed by atoms with Crippen LogP contribution < -0.4 is 10.2 Å². The topological polar surface area (TPSA) is 44.8 Å². The van der Waals surface area contributed by atoms with E-state index in [0.29, 0.717) is 6.42 Å². The maximum absolute atomic E-state index is 12.2. The number of nitrogens with zero attached hydrogens (tertiary/aromatic N) is 2. The van der Waals surface area contributed by atoms with Gasteiger partial charge in [0.05, 0.1) is 6.61 Å². The molecule has 2 aromatic rings. The van der Waals surface area contributed by atoms with E-state index in [1.54, 1.807) is 7.11 Å². The molecule has 0 aromatic heterocycles. The van der Waals surface area contributed by atoms with Gasteiger partial charge in [-0.05, 0) is 49.6 Å². The van der Waals surface area contributed by atoms with E-state index in [4.69, 9.17) is 4.74 Å². The third kappa shape index (κ3) is 6.87. The molecule has 29 heavy (non-hydrogen) atoms. The van der Waals surface area contributed by atoms with Crippen LogP contribution in [0.5, 0.6) is 0 Å². The number of hydrogen-bond acceptors (Lipinski definition) is 4. The van der Waals surface area contributed by atoms with Gasteiger partial charge in [0, 0.05) is 57.6 Å². The Bertz CT molecular complexity index is 751. The Balaban J connectivity index is 1.39. The van der Waals surface area contributed by atoms with Crippen molar-refractivity contribution >= 4 is 17.3 Å². The second kappa shape index (κ2) is 11.0. The summed E-state index contributed by atoms with van der Waals surface area (Å²) in [6.45, 7) is 8.04. The van der Waals surface area contributed by atoms with Gasteiger partial charge in [0.2, 0.25) is 5.91 Å². The van der Waals surface area contributed by atoms with Crippen molar-refractivity contribution in [1.82, 2.24) is 4.90 Å². The Morgan fingerprint density at radius 1 is 1.00 bits per heavy atom. The predicted molar refractivity (Wildman–Crippen MR) is 120 cm³/mol. The average Bonchev–Trinajstić information content (AvgIpc) is 2.75. The van der Waals surface area contributed by atoms with Crippen LogP contribution in [0.1, 0.15) is 24.0 Å². The summed E-state index contributed by atoms with van der Waals surface area (Å²) < 4.78 is 5.16. The molecule has 1 heterocycles. The number of piperazine rings is 1. The van der Waals surface area contributed by atoms with Gasteiger partial charge in [-0.15, -0.1) is 0 Å². The second-order valence-electron chi connectivity index (χ2n) is 7.76. The number of benzene rings is 2. The molecule has 0 radical (unpaired) electrons. The molecule has 156 valence electrons. The van der Waals surface area contributed by atoms with E-state index in [2.05, 4.69) is 58.4 Å². The van der Waals surface area contributed by atoms with E-state index in [0.717, 1.165) is 57.9 Å². The molecule has 0 atom stereocenters. The van der Waals surface area contributed by atoms with Gasteiger partial charge in [0.1, 0.15) is 0 Å². The number of rotatable bonds is 9. The summed E-state index contributed by atoms with van der Waals surface area (Å²) in [5, 5.41) is 3.02. The zero-order chi connectivity index (χ0) is 20.5. The lowest BCUT2D eigenvalue weighted by Gasteiger charge is -2.36. The Kier molecular flexibility index (Phi) is 8.08. The molecule has 1 aliphatic rings. The fraction of sp³-hybridized carbons (Fsp3) is 0.458. The largest absolute Gasteiger partial charge is 0.383 e. The highest BCUT2D eigenvalue weighted by Crippen LogP contribution is 2.20. The van der Waals surface area contributed by atoms with Gasteiger partial charge in [-0.2, -0.15) is 0 Å². The van der Waals surface area contributed by atoms with Crippen molar-refractivity contribution in [1.29, 1.82) is 0 Å². The molecule has 5 nitrogen and oxygen atoms in total. The van der Waals surface area contributed by atoms with Gasteiger partial charge in [-0.1, -0.05) is 29.8 Å². The standard InChI is InChI=1S/C24H33N3O2/c1-20-6-8-21(9-7-20)4-3-5-24(28)25-22-10-12-23(13-11-22)27-16-14-26(15-17-27)18-19-29-2/h6-13H,3-5,14-19H2,1-2H3,(H,25,28). The summed E-state index contributed by atoms with van der Waals surface area (Å²) in [5.41, 5.74) is 4.64. The number of carbonyl (C=O) groups excluding carboxylic acids is 1. The fourth-order valence-corrected chi connectivity index (χ4v) is 3.64. The van der Waals surface area contributed by atoms with E-state index in [1.807, 2.05) is 12.1 Å². The predicted octanol–water partition coefficient (Wildman–Crippen LogP) is 3.72. The van der Waals surface area contributed by atoms with Crippen LogP contribution in [-0.2, 0) is 16.0 Å². The minimum absolute atomic E-state index is 0.0802. The Morgan fingerprint density at radius 3 is 2.34 bits per heavy atom. The molecule has 1 saturated heterocycles. The Morgan fingerprint density at radius 2 is 1.69 bits per heavy atom. The maximum Gasteiger partial charge on any atom is 0.224 e. The number of ether oxygens (including phenoxy) is 1. The highest BCUT2D eigenvalue weighted by atomic mass is 16.5. The number of nitrogens with one attached hydrogen (secondary N) is 1. The summed E-state index contributed by atoms with van der Waals surface area (Å²) in [6, 6.07) is 16.7. The van der Waals surface area contributed by atoms with Crippen molar-refractivity contribution in [3.8, 4) is 0 Å². The minimum atomic E-state index is 0.0802. The van der Waals surface area contributed by atoms with Crippen LogP contribution in [0.15, 0.2) is 48.5 Å². The van der Waals surface area contributed by atoms with Crippen molar-refractivity contribution in [2.75, 3.05) is 56.7 Å². The summed E-state index contributed by atoms with van der Waals surface area (Å²) in [6.07, 6.45) is 2.34. The number of aryl methyl sites for hydroxylation is 2. The van der Waals surface area contributed by atoms with Gasteiger partial charge < -0.3 is 15.0 Å². The molecule has 2 aromatic carbocycles. The fourth-order valence-electron chi connectivity index (χ4n) is 3.64. The normalized spacial score (nSPS) is 14.8. The third-order valence-corrected chi connectivity index (χ3v) is 5.49. The second-order valence-corrected chi connectivity index (χ2v) is 7.76. The number of anilines is 2. The zero-order valence-electron chi connectivity index (χ0n) is 17.7. The lowest BCUT2D eigenvalue weighted by Crippen LogP contribution is -2.47. The lowest BCUT2D eigenvalue weighted by molar-refractivity contribution is -0.116. The van der Waals surface area contributed by atoms with E-state index in [1.165, 1.54) is 16.8 Å². The third-order valence-electron chi connectivity index (χ3n) is 5.49. The molecule has 1 amide bonds. The molecule has 0 bridgehead atoms. The molecule has 1 aliphatic heterocycles. The number of amides is 1. The molecule has 1 N–H and O–H groups in total. The molecule has 3 rings (SSSR count). The van der Waals surface area contributed by atoms with Crippen LogP contribution in [-0.4, -0.2) is 57.2 Å². The van der Waals surface area contributed by atoms with Gasteiger partial charge >= 0.3 is 0 Å². The number of carbonyl (C=O) groups is 1. The minimum Gasteiger partial charge on any atom is -0.383 e. The molecular weight excluding hydrogens is 362 g/mol. The van der Waals surface area contributed by atoms with Crippen molar-refractivity contribution in [2.45, 2.75) is 26.2 Å². The van der Waals surface area contributed by atoms with Gasteiger partial charge in [0.25, 0.3) is 0 Å². The van der Waals surface area contributed by atoms with E-state index in [9.17, 15) is 4.79 Å². The zero-order valence-corrected chi connectivity index (χ0v) is 17.7. The first kappa shape index (κ1) is 21.3. The molecule has 0 spiro atoms. The highest BCUT2D eigenvalue weighted by Gasteiger charge is 2.16. The summed E-state index contributed by atoms with van der Waals surface area (Å²) in [5.74, 6) is 0.0802. The first-order valence-corrected chi connectivity index (χ1v) is 10.6. The SMILES string of the molecule is COCCN1CCN(c2ccc(NC(=O)CCCc3ccc(C)cc3)cc2)CC1. The van der Waals surface area contributed by atoms with E-state index in [-0.39, 0.29) is 5.91 Å². The van der Waals surface area contributed by atoms with Gasteiger partial charge in [-0.3, -0.25) is 9.69 Å². The van der Waals surface area contributed by atoms with Crippen LogP contribution in [0.25, 0.3) is 0 Å². The Hall–Kier alpha value is -2.37. The molecule has 1 fully saturated rings. The van der Waals surface area contributed by atoms with Crippen molar-refractivity contribution in [3.05, 3.63) is 59.7 Å². The van der Waals surface area contributed by atoms with E-state index < -0.39 is 0 Å². The lowest BCUT2D eigenvalue weighted by atomic mass is 10.1. The first-order chi connectivity index (χ1) is 14.1. The molecule has 0 unspecified atom stereocenters. The molecule has 0 saturated carbocycles. The van der Waals surface area contributed by atoms with Crippen LogP contribution in [0.3, 0.4) is 0 Å². The summed E-state index contributed by atoms with van der Waals surface area (Å²) in [4.78, 5) is 17.1. The number of hydrogen-bond donors (Lipinski definition) is 1. The average molecular weight is 396 g/mol. The van der Waals surface area contributed by atoms with Gasteiger partial charge in [-0.25, -0.2) is 0 Å². The van der Waals surface area contributed by atoms with Crippen LogP contribution in [0, 0.1) is 6.92 Å². The quantitative estimate of drug-likeness (QED) is 0.703. The first-order valence-electron chi connectivity index (χ1n) is 10.6. The van der Waals surface area contributed by atoms with Crippen LogP contribution >= 0.6 is 0 Å². The molecule has 5 heteroatoms. The smallest absolute Gasteiger partial charge is 0.224 e. The van der Waals surface area contributed by atoms with Crippen LogP contribution in [0.2, 0.25) is 0 Å². The molecular formula is C24H33N3O2. The summed E-state index contributed by atoms with van der Waals surface area (Å²) in [7, 11) is 1.75. The number of methoxy groups -OCH3 is 1. The van der Waals surface area contributed by atoms with Gasteiger partial charge in [0.15, 0.2) is 0 Å². The molecule has 0 aliphatic carbocycles. The van der Waals surface area contributed by atoms with Crippen molar-refractivity contribution < 1.29 is 9.53 Å². The Labute approximate surface area is 174 Å². The van der Waals surface area contributed by atoms with Crippen molar-refractivity contribution in [3.63, 3.8) is 0 Å². The monoisotopic (exact) mass is 395 g/mol. The maximum atomic E-state index is 12.2. The summed E-state index contributed by atoms with van der Waals surface area (Å²) >= 11 is 0. The van der Waals surface area contributed by atoms with Crippen molar-refractivity contribution in [2.24, 2.45) is 0 Å². The van der Waals surface area contributed by atoms with Crippen LogP contribution in [0.4, 0.5) is 11.4 Å². The highest BCUT2D eigenvalue weighted by molar-refractivity contribution is 5.90. The van der Waals surface area contributed by atoms with E-state index >= 15 is 0 Å².